The number of nitrogens with zero attached hydrogens (tertiary/aromatic N) is 1. The smallest absolute Gasteiger partial charge is 0.254 e. The molecular formula is C15H16ClN3O2S. The molecule has 0 radical (unpaired) electrons. The van der Waals surface area contributed by atoms with Gasteiger partial charge in [0.1, 0.15) is 0 Å². The van der Waals surface area contributed by atoms with Gasteiger partial charge < -0.3 is 10.3 Å². The van der Waals surface area contributed by atoms with Crippen LogP contribution in [0.25, 0.3) is 0 Å². The number of H-pyrrole nitrogens is 1. The molecule has 2 N–H and O–H groups in total. The minimum Gasteiger partial charge on any atom is -0.325 e. The lowest BCUT2D eigenvalue weighted by atomic mass is 10.2. The van der Waals surface area contributed by atoms with Gasteiger partial charge in [0.25, 0.3) is 5.56 Å². The van der Waals surface area contributed by atoms with Gasteiger partial charge in [0.15, 0.2) is 5.16 Å². The number of benzene rings is 1. The van der Waals surface area contributed by atoms with Crippen LogP contribution in [0.4, 0.5) is 5.69 Å². The normalized spacial score (nSPS) is 10.5. The van der Waals surface area contributed by atoms with E-state index in [1.54, 1.807) is 31.2 Å². The molecule has 0 aliphatic carbocycles. The van der Waals surface area contributed by atoms with Gasteiger partial charge in [0.05, 0.1) is 5.75 Å². The maximum absolute atomic E-state index is 11.9. The Morgan fingerprint density at radius 2 is 2.23 bits per heavy atom. The van der Waals surface area contributed by atoms with Crippen LogP contribution >= 0.6 is 23.4 Å². The molecule has 1 aromatic heterocycles. The minimum absolute atomic E-state index is 0.146. The standard InChI is InChI=1S/C15H16ClN3O2S/c1-3-12-9(2)17-15(19-14(12)21)22-8-13(20)18-11-6-4-5-10(16)7-11/h4-7H,3,8H2,1-2H3,(H,18,20)(H,17,19,21). The van der Waals surface area contributed by atoms with Crippen molar-refractivity contribution in [2.75, 3.05) is 11.1 Å². The Morgan fingerprint density at radius 1 is 1.45 bits per heavy atom. The number of hydrogen-bond donors (Lipinski definition) is 2. The van der Waals surface area contributed by atoms with Crippen molar-refractivity contribution in [2.45, 2.75) is 25.4 Å². The lowest BCUT2D eigenvalue weighted by molar-refractivity contribution is -0.113. The SMILES string of the molecule is CCc1c(C)nc(SCC(=O)Nc2cccc(Cl)c2)[nH]c1=O. The second kappa shape index (κ2) is 7.47. The molecule has 116 valence electrons. The van der Waals surface area contributed by atoms with E-state index in [2.05, 4.69) is 15.3 Å². The first-order valence-electron chi connectivity index (χ1n) is 6.77. The molecule has 0 saturated heterocycles. The van der Waals surface area contributed by atoms with Crippen molar-refractivity contribution in [2.24, 2.45) is 0 Å². The number of nitrogens with one attached hydrogen (secondary N) is 2. The fourth-order valence-electron chi connectivity index (χ4n) is 1.97. The van der Waals surface area contributed by atoms with E-state index in [9.17, 15) is 9.59 Å². The zero-order valence-corrected chi connectivity index (χ0v) is 13.8. The van der Waals surface area contributed by atoms with Crippen LogP contribution < -0.4 is 10.9 Å². The quantitative estimate of drug-likeness (QED) is 0.649. The van der Waals surface area contributed by atoms with E-state index >= 15 is 0 Å². The van der Waals surface area contributed by atoms with Gasteiger partial charge in [0, 0.05) is 22.0 Å². The number of hydrogen-bond acceptors (Lipinski definition) is 4. The van der Waals surface area contributed by atoms with Crippen molar-refractivity contribution in [3.8, 4) is 0 Å². The van der Waals surface area contributed by atoms with Crippen LogP contribution in [0, 0.1) is 6.92 Å². The van der Waals surface area contributed by atoms with Crippen LogP contribution in [-0.4, -0.2) is 21.6 Å². The zero-order chi connectivity index (χ0) is 16.1. The Bertz CT molecular complexity index is 746. The summed E-state index contributed by atoms with van der Waals surface area (Å²) in [7, 11) is 0. The molecule has 5 nitrogen and oxygen atoms in total. The van der Waals surface area contributed by atoms with E-state index in [1.165, 1.54) is 11.8 Å². The number of carbonyl (C=O) groups excluding carboxylic acids is 1. The summed E-state index contributed by atoms with van der Waals surface area (Å²) in [5, 5.41) is 3.74. The largest absolute Gasteiger partial charge is 0.325 e. The van der Waals surface area contributed by atoms with Crippen molar-refractivity contribution in [1.82, 2.24) is 9.97 Å². The summed E-state index contributed by atoms with van der Waals surface area (Å²) in [6.07, 6.45) is 0.633. The predicted octanol–water partition coefficient (Wildman–Crippen LogP) is 3.02. The Hall–Kier alpha value is -1.79. The number of rotatable bonds is 5. The molecule has 1 amide bonds. The van der Waals surface area contributed by atoms with E-state index in [1.807, 2.05) is 6.92 Å². The molecule has 0 spiro atoms. The van der Waals surface area contributed by atoms with Crippen LogP contribution in [0.15, 0.2) is 34.2 Å². The number of anilines is 1. The highest BCUT2D eigenvalue weighted by Crippen LogP contribution is 2.17. The van der Waals surface area contributed by atoms with Gasteiger partial charge in [-0.2, -0.15) is 0 Å². The lowest BCUT2D eigenvalue weighted by Crippen LogP contribution is -2.18. The number of thioether (sulfide) groups is 1. The van der Waals surface area contributed by atoms with Crippen LogP contribution in [0.1, 0.15) is 18.2 Å². The number of aryl methyl sites for hydroxylation is 1. The Balaban J connectivity index is 1.98. The second-order valence-corrected chi connectivity index (χ2v) is 6.04. The van der Waals surface area contributed by atoms with Crippen molar-refractivity contribution < 1.29 is 4.79 Å². The van der Waals surface area contributed by atoms with Crippen molar-refractivity contribution in [1.29, 1.82) is 0 Å². The first-order valence-corrected chi connectivity index (χ1v) is 8.14. The third-order valence-corrected chi connectivity index (χ3v) is 4.11. The maximum Gasteiger partial charge on any atom is 0.254 e. The van der Waals surface area contributed by atoms with Crippen molar-refractivity contribution in [3.05, 3.63) is 50.9 Å². The van der Waals surface area contributed by atoms with Gasteiger partial charge in [-0.15, -0.1) is 0 Å². The highest BCUT2D eigenvalue weighted by molar-refractivity contribution is 7.99. The van der Waals surface area contributed by atoms with E-state index < -0.39 is 0 Å². The predicted molar refractivity (Wildman–Crippen MR) is 89.8 cm³/mol. The summed E-state index contributed by atoms with van der Waals surface area (Å²) in [5.74, 6) is -0.0347. The number of halogens is 1. The monoisotopic (exact) mass is 337 g/mol. The average Bonchev–Trinajstić information content (AvgIpc) is 2.45. The molecule has 0 fully saturated rings. The highest BCUT2D eigenvalue weighted by atomic mass is 35.5. The maximum atomic E-state index is 11.9. The van der Waals surface area contributed by atoms with E-state index in [0.717, 1.165) is 0 Å². The number of aromatic nitrogens is 2. The van der Waals surface area contributed by atoms with E-state index in [-0.39, 0.29) is 17.2 Å². The number of carbonyl (C=O) groups is 1. The fraction of sp³-hybridized carbons (Fsp3) is 0.267. The number of amides is 1. The summed E-state index contributed by atoms with van der Waals surface area (Å²) in [6.45, 7) is 3.70. The molecule has 0 unspecified atom stereocenters. The summed E-state index contributed by atoms with van der Waals surface area (Å²) >= 11 is 7.05. The molecule has 0 bridgehead atoms. The van der Waals surface area contributed by atoms with Crippen LogP contribution in [0.3, 0.4) is 0 Å². The van der Waals surface area contributed by atoms with Crippen molar-refractivity contribution in [3.63, 3.8) is 0 Å². The third kappa shape index (κ3) is 4.35. The van der Waals surface area contributed by atoms with Crippen LogP contribution in [0.2, 0.25) is 5.02 Å². The van der Waals surface area contributed by atoms with Gasteiger partial charge in [-0.3, -0.25) is 9.59 Å². The Morgan fingerprint density at radius 3 is 2.86 bits per heavy atom. The van der Waals surface area contributed by atoms with Gasteiger partial charge >= 0.3 is 0 Å². The highest BCUT2D eigenvalue weighted by Gasteiger charge is 2.09. The molecule has 1 heterocycles. The van der Waals surface area contributed by atoms with E-state index in [0.29, 0.717) is 33.5 Å². The van der Waals surface area contributed by atoms with Gasteiger partial charge in [-0.25, -0.2) is 4.98 Å². The third-order valence-electron chi connectivity index (χ3n) is 3.00. The molecule has 0 atom stereocenters. The summed E-state index contributed by atoms with van der Waals surface area (Å²) in [4.78, 5) is 30.7. The topological polar surface area (TPSA) is 74.8 Å². The number of aromatic amines is 1. The second-order valence-electron chi connectivity index (χ2n) is 4.64. The summed E-state index contributed by atoms with van der Waals surface area (Å²) in [5.41, 5.74) is 1.86. The Labute approximate surface area is 137 Å². The molecule has 2 aromatic rings. The van der Waals surface area contributed by atoms with Gasteiger partial charge in [-0.05, 0) is 31.5 Å². The van der Waals surface area contributed by atoms with Crippen LogP contribution in [-0.2, 0) is 11.2 Å². The molecule has 0 saturated carbocycles. The molecule has 0 aliphatic heterocycles. The summed E-state index contributed by atoms with van der Waals surface area (Å²) in [6, 6.07) is 6.93. The average molecular weight is 338 g/mol. The zero-order valence-electron chi connectivity index (χ0n) is 12.3. The fourth-order valence-corrected chi connectivity index (χ4v) is 2.86. The lowest BCUT2D eigenvalue weighted by Gasteiger charge is -2.07. The molecule has 2 rings (SSSR count). The first kappa shape index (κ1) is 16.6. The molecule has 22 heavy (non-hydrogen) atoms. The molecule has 0 aliphatic rings. The van der Waals surface area contributed by atoms with Crippen molar-refractivity contribution >= 4 is 35.0 Å². The summed E-state index contributed by atoms with van der Waals surface area (Å²) < 4.78 is 0. The van der Waals surface area contributed by atoms with Gasteiger partial charge in [0.2, 0.25) is 5.91 Å². The molecule has 1 aromatic carbocycles. The minimum atomic E-state index is -0.188. The van der Waals surface area contributed by atoms with Crippen LogP contribution in [0.5, 0.6) is 0 Å². The van der Waals surface area contributed by atoms with Gasteiger partial charge in [-0.1, -0.05) is 36.4 Å². The first-order chi connectivity index (χ1) is 10.5. The molecule has 7 heteroatoms. The molecular weight excluding hydrogens is 322 g/mol. The Kier molecular flexibility index (Phi) is 5.63. The van der Waals surface area contributed by atoms with E-state index in [4.69, 9.17) is 11.6 Å².